The van der Waals surface area contributed by atoms with Gasteiger partial charge in [0.05, 0.1) is 17.4 Å². The van der Waals surface area contributed by atoms with Gasteiger partial charge in [-0.05, 0) is 89.6 Å². The topological polar surface area (TPSA) is 199 Å². The Morgan fingerprint density at radius 3 is 2.46 bits per heavy atom. The van der Waals surface area contributed by atoms with Crippen LogP contribution in [0.5, 0.6) is 5.88 Å². The third-order valence-electron chi connectivity index (χ3n) is 11.5. The fraction of sp³-hybridized carbons (Fsp3) is 0.488. The Kier molecular flexibility index (Phi) is 11.6. The van der Waals surface area contributed by atoms with Crippen molar-refractivity contribution in [3.8, 4) is 17.3 Å². The molecule has 4 aromatic rings. The second-order valence-electron chi connectivity index (χ2n) is 17.5. The number of nitrogens with zero attached hydrogens (tertiary/aromatic N) is 3. The maximum absolute atomic E-state index is 14.7. The number of furan rings is 1. The molecule has 2 aromatic carbocycles. The lowest BCUT2D eigenvalue weighted by molar-refractivity contribution is -0.141. The van der Waals surface area contributed by atoms with Crippen LogP contribution in [0.2, 0.25) is 5.02 Å². The van der Waals surface area contributed by atoms with Crippen LogP contribution >= 0.6 is 11.6 Å². The summed E-state index contributed by atoms with van der Waals surface area (Å²) in [6, 6.07) is 6.61. The summed E-state index contributed by atoms with van der Waals surface area (Å²) in [5.41, 5.74) is -2.52. The number of halogens is 4. The van der Waals surface area contributed by atoms with Crippen LogP contribution in [0.4, 0.5) is 18.0 Å². The molecule has 336 valence electrons. The van der Waals surface area contributed by atoms with E-state index < -0.39 is 86.1 Å². The quantitative estimate of drug-likeness (QED) is 0.162. The minimum Gasteiger partial charge on any atom is -0.470 e. The molecular weight excluding hydrogens is 869 g/mol. The minimum atomic E-state index is -4.59. The monoisotopic (exact) mass is 914 g/mol. The number of rotatable bonds is 7. The molecule has 5 atom stereocenters. The van der Waals surface area contributed by atoms with Crippen molar-refractivity contribution in [2.45, 2.75) is 119 Å². The number of carbonyl (C=O) groups is 4. The Labute approximate surface area is 365 Å². The van der Waals surface area contributed by atoms with Crippen LogP contribution < -0.4 is 20.1 Å². The van der Waals surface area contributed by atoms with Crippen LogP contribution in [0.3, 0.4) is 0 Å². The van der Waals surface area contributed by atoms with E-state index >= 15 is 0 Å². The summed E-state index contributed by atoms with van der Waals surface area (Å²) < 4.78 is 86.6. The number of hydrogen-bond donors (Lipinski definition) is 3. The first-order chi connectivity index (χ1) is 29.7. The number of carbonyl (C=O) groups excluding carboxylic acids is 4. The van der Waals surface area contributed by atoms with Crippen molar-refractivity contribution < 1.29 is 54.7 Å². The van der Waals surface area contributed by atoms with E-state index in [0.29, 0.717) is 48.1 Å². The summed E-state index contributed by atoms with van der Waals surface area (Å²) in [5, 5.41) is 5.62. The van der Waals surface area contributed by atoms with Gasteiger partial charge in [-0.3, -0.25) is 19.1 Å². The van der Waals surface area contributed by atoms with E-state index in [2.05, 4.69) is 25.3 Å². The van der Waals surface area contributed by atoms with Gasteiger partial charge in [0.2, 0.25) is 27.4 Å². The highest BCUT2D eigenvalue weighted by molar-refractivity contribution is 7.91. The van der Waals surface area contributed by atoms with E-state index in [-0.39, 0.29) is 54.2 Å². The molecule has 2 aliphatic carbocycles. The van der Waals surface area contributed by atoms with Gasteiger partial charge in [0.15, 0.2) is 5.82 Å². The molecule has 4 heterocycles. The SMILES string of the molecule is CC(C)(C)OC(=O)N[C@H]1CCCCC/C=C\[C@@H]2C[C@@]2(C(=O)NS(=O)(=O)C2CC2)NC(=O)[C@@H]2C[C@@H](Oc3nc(-c4ccc(C(F)(F)F)cc4)nc4c3oc3ccc(Cl)cc34)CN2C1=O. The number of amides is 4. The van der Waals surface area contributed by atoms with Gasteiger partial charge in [0, 0.05) is 28.3 Å². The smallest absolute Gasteiger partial charge is 0.416 e. The first-order valence-corrected chi connectivity index (χ1v) is 22.7. The van der Waals surface area contributed by atoms with Gasteiger partial charge in [-0.15, -0.1) is 0 Å². The third-order valence-corrected chi connectivity index (χ3v) is 13.6. The fourth-order valence-electron chi connectivity index (χ4n) is 8.06. The van der Waals surface area contributed by atoms with Crippen LogP contribution in [0.15, 0.2) is 59.0 Å². The number of fused-ring (bicyclic) bond motifs is 5. The lowest BCUT2D eigenvalue weighted by atomic mass is 10.0. The molecule has 2 aromatic heterocycles. The van der Waals surface area contributed by atoms with Gasteiger partial charge >= 0.3 is 12.3 Å². The highest BCUT2D eigenvalue weighted by Gasteiger charge is 2.62. The lowest BCUT2D eigenvalue weighted by Gasteiger charge is -2.30. The van der Waals surface area contributed by atoms with Crippen LogP contribution in [0.25, 0.3) is 33.5 Å². The van der Waals surface area contributed by atoms with Crippen LogP contribution in [-0.4, -0.2) is 88.2 Å². The zero-order valence-corrected chi connectivity index (χ0v) is 36.2. The van der Waals surface area contributed by atoms with E-state index in [4.69, 9.17) is 25.5 Å². The van der Waals surface area contributed by atoms with Crippen molar-refractivity contribution in [3.63, 3.8) is 0 Å². The van der Waals surface area contributed by atoms with Gasteiger partial charge in [-0.2, -0.15) is 18.2 Å². The van der Waals surface area contributed by atoms with Gasteiger partial charge < -0.3 is 29.4 Å². The molecule has 63 heavy (non-hydrogen) atoms. The molecule has 15 nitrogen and oxygen atoms in total. The third kappa shape index (κ3) is 9.59. The van der Waals surface area contributed by atoms with Crippen molar-refractivity contribution in [1.82, 2.24) is 30.2 Å². The number of alkyl halides is 3. The van der Waals surface area contributed by atoms with Crippen molar-refractivity contribution in [1.29, 1.82) is 0 Å². The van der Waals surface area contributed by atoms with Crippen molar-refractivity contribution in [3.05, 3.63) is 65.2 Å². The molecule has 3 fully saturated rings. The summed E-state index contributed by atoms with van der Waals surface area (Å²) in [4.78, 5) is 66.7. The summed E-state index contributed by atoms with van der Waals surface area (Å²) in [7, 11) is -3.98. The van der Waals surface area contributed by atoms with Gasteiger partial charge in [0.1, 0.15) is 40.4 Å². The molecule has 0 radical (unpaired) electrons. The molecule has 4 amide bonds. The molecule has 3 N–H and O–H groups in total. The van der Waals surface area contributed by atoms with Crippen molar-refractivity contribution in [2.75, 3.05) is 6.54 Å². The number of aromatic nitrogens is 2. The second-order valence-corrected chi connectivity index (χ2v) is 19.9. The van der Waals surface area contributed by atoms with E-state index in [9.17, 15) is 40.8 Å². The van der Waals surface area contributed by atoms with Gasteiger partial charge in [-0.1, -0.05) is 48.7 Å². The fourth-order valence-corrected chi connectivity index (χ4v) is 9.60. The molecule has 4 aliphatic rings. The number of nitrogens with one attached hydrogen (secondary N) is 3. The summed E-state index contributed by atoms with van der Waals surface area (Å²) in [6.45, 7) is 4.81. The van der Waals surface area contributed by atoms with Crippen LogP contribution in [-0.2, 0) is 35.3 Å². The number of benzene rings is 2. The zero-order valence-electron chi connectivity index (χ0n) is 34.6. The predicted octanol–water partition coefficient (Wildman–Crippen LogP) is 6.96. The second kappa shape index (κ2) is 16.6. The molecule has 0 bridgehead atoms. The van der Waals surface area contributed by atoms with E-state index in [0.717, 1.165) is 18.6 Å². The minimum absolute atomic E-state index is 0.0147. The highest BCUT2D eigenvalue weighted by atomic mass is 35.5. The number of ether oxygens (including phenoxy) is 2. The maximum atomic E-state index is 14.7. The van der Waals surface area contributed by atoms with E-state index in [1.807, 2.05) is 6.08 Å². The van der Waals surface area contributed by atoms with E-state index in [1.165, 1.54) is 17.0 Å². The lowest BCUT2D eigenvalue weighted by Crippen LogP contribution is -2.58. The summed E-state index contributed by atoms with van der Waals surface area (Å²) >= 11 is 6.34. The Hall–Kier alpha value is -5.43. The summed E-state index contributed by atoms with van der Waals surface area (Å²) in [5.74, 6) is -2.94. The molecule has 20 heteroatoms. The number of hydrogen-bond acceptors (Lipinski definition) is 11. The van der Waals surface area contributed by atoms with Gasteiger partial charge in [-0.25, -0.2) is 18.2 Å². The van der Waals surface area contributed by atoms with Gasteiger partial charge in [0.25, 0.3) is 11.8 Å². The largest absolute Gasteiger partial charge is 0.470 e. The first-order valence-electron chi connectivity index (χ1n) is 20.8. The average Bonchev–Trinajstić information content (AvgIpc) is 4.11. The van der Waals surface area contributed by atoms with Crippen molar-refractivity contribution >= 4 is 67.5 Å². The molecule has 1 saturated heterocycles. The number of sulfonamides is 1. The molecule has 2 saturated carbocycles. The molecule has 2 aliphatic heterocycles. The van der Waals surface area contributed by atoms with Crippen LogP contribution in [0, 0.1) is 5.92 Å². The van der Waals surface area contributed by atoms with Crippen LogP contribution in [0.1, 0.15) is 84.1 Å². The normalized spacial score (nSPS) is 25.3. The Morgan fingerprint density at radius 1 is 1.02 bits per heavy atom. The number of allylic oxidation sites excluding steroid dienone is 1. The molecule has 8 rings (SSSR count). The highest BCUT2D eigenvalue weighted by Crippen LogP contribution is 2.46. The van der Waals surface area contributed by atoms with E-state index in [1.54, 1.807) is 45.0 Å². The first kappa shape index (κ1) is 44.2. The Morgan fingerprint density at radius 2 is 1.76 bits per heavy atom. The maximum Gasteiger partial charge on any atom is 0.416 e. The average molecular weight is 915 g/mol. The molecule has 0 spiro atoms. The molecule has 0 unspecified atom stereocenters. The summed E-state index contributed by atoms with van der Waals surface area (Å²) in [6.07, 6.45) is 0.814. The Bertz CT molecular complexity index is 2610. The molecular formula is C43H46ClF3N6O9S. The standard InChI is InChI=1S/C43H46ClF3N6O9S/c1-41(2,3)62-40(57)48-30-10-8-6-4-5-7-9-25-21-42(25,39(56)52-63(58,59)28-16-17-28)51-36(54)31-20-27(22-53(31)38(30)55)60-37-34-33(29-19-26(44)15-18-32(29)61-34)49-35(50-37)23-11-13-24(14-12-23)43(45,46)47/h7,9,11-15,18-19,25,27-28,30-31H,4-6,8,10,16-17,20-22H2,1-3H3,(H,48,57)(H,51,54)(H,52,56)/b9-7-/t25-,27-,30+,31+,42-/m1/s1. The number of alkyl carbamates (subject to hydrolysis) is 1. The van der Waals surface area contributed by atoms with Crippen molar-refractivity contribution in [2.24, 2.45) is 5.92 Å². The zero-order chi connectivity index (χ0) is 45.1. The predicted molar refractivity (Wildman–Crippen MR) is 224 cm³/mol. The Balaban J connectivity index is 1.16.